The summed E-state index contributed by atoms with van der Waals surface area (Å²) in [6.07, 6.45) is 1.33. The van der Waals surface area contributed by atoms with E-state index in [-0.39, 0.29) is 23.7 Å². The first-order valence-corrected chi connectivity index (χ1v) is 7.21. The van der Waals surface area contributed by atoms with Gasteiger partial charge in [-0.3, -0.25) is 0 Å². The summed E-state index contributed by atoms with van der Waals surface area (Å²) in [5.74, 6) is 0.646. The summed E-state index contributed by atoms with van der Waals surface area (Å²) >= 11 is 0. The van der Waals surface area contributed by atoms with Gasteiger partial charge in [-0.2, -0.15) is 5.10 Å². The van der Waals surface area contributed by atoms with Gasteiger partial charge in [-0.15, -0.1) is 0 Å². The molecule has 0 aliphatic carbocycles. The second-order valence-corrected chi connectivity index (χ2v) is 6.17. The zero-order valence-electron chi connectivity index (χ0n) is 9.75. The van der Waals surface area contributed by atoms with Crippen molar-refractivity contribution in [3.05, 3.63) is 22.9 Å². The maximum atomic E-state index is 11.3. The molecule has 9 heteroatoms. The summed E-state index contributed by atoms with van der Waals surface area (Å²) in [4.78, 5) is 15.2. The Morgan fingerprint density at radius 1 is 1.50 bits per heavy atom. The summed E-state index contributed by atoms with van der Waals surface area (Å²) in [6.45, 7) is 1.88. The van der Waals surface area contributed by atoms with Crippen LogP contribution in [0.1, 0.15) is 6.92 Å². The van der Waals surface area contributed by atoms with Crippen molar-refractivity contribution in [1.82, 2.24) is 19.6 Å². The second-order valence-electron chi connectivity index (χ2n) is 3.69. The maximum Gasteiger partial charge on any atom is 0.348 e. The van der Waals surface area contributed by atoms with Crippen LogP contribution in [0.25, 0.3) is 5.65 Å². The Labute approximate surface area is 103 Å². The van der Waals surface area contributed by atoms with E-state index in [4.69, 9.17) is 0 Å². The van der Waals surface area contributed by atoms with Crippen molar-refractivity contribution >= 4 is 21.3 Å². The smallest absolute Gasteiger partial charge is 0.348 e. The molecule has 0 aliphatic heterocycles. The molecule has 0 fully saturated rings. The lowest BCUT2D eigenvalue weighted by Crippen LogP contribution is -2.18. The molecule has 0 saturated heterocycles. The van der Waals surface area contributed by atoms with Gasteiger partial charge < -0.3 is 5.32 Å². The molecule has 2 aromatic heterocycles. The van der Waals surface area contributed by atoms with Crippen molar-refractivity contribution in [2.45, 2.75) is 6.92 Å². The molecule has 8 nitrogen and oxygen atoms in total. The highest BCUT2D eigenvalue weighted by Gasteiger charge is 2.07. The van der Waals surface area contributed by atoms with Crippen LogP contribution in [-0.4, -0.2) is 46.1 Å². The highest BCUT2D eigenvalue weighted by atomic mass is 32.2. The van der Waals surface area contributed by atoms with Crippen LogP contribution in [-0.2, 0) is 9.84 Å². The van der Waals surface area contributed by atoms with E-state index in [9.17, 15) is 13.2 Å². The van der Waals surface area contributed by atoms with Crippen LogP contribution in [0.5, 0.6) is 0 Å². The average Bonchev–Trinajstić information content (AvgIpc) is 2.71. The number of aromatic nitrogens is 4. The van der Waals surface area contributed by atoms with Crippen molar-refractivity contribution in [3.8, 4) is 0 Å². The van der Waals surface area contributed by atoms with Gasteiger partial charge in [-0.05, 0) is 0 Å². The number of nitrogens with zero attached hydrogens (tertiary/aromatic N) is 3. The molecular formula is C9H13N5O3S. The third kappa shape index (κ3) is 2.67. The lowest BCUT2D eigenvalue weighted by molar-refractivity contribution is 0.597. The number of anilines is 1. The standard InChI is InChI=1S/C9H13N5O3S/c1-2-18(16,17)4-3-10-7-5-8-12-13-9(15)14(8)6-11-7/h5-6,10H,2-4H2,1H3,(H,13,15). The van der Waals surface area contributed by atoms with E-state index < -0.39 is 9.84 Å². The molecular weight excluding hydrogens is 258 g/mol. The van der Waals surface area contributed by atoms with Gasteiger partial charge in [-0.25, -0.2) is 27.7 Å². The number of nitrogens with one attached hydrogen (secondary N) is 2. The summed E-state index contributed by atoms with van der Waals surface area (Å²) < 4.78 is 23.8. The highest BCUT2D eigenvalue weighted by Crippen LogP contribution is 2.03. The molecule has 0 bridgehead atoms. The van der Waals surface area contributed by atoms with Crippen LogP contribution in [0.4, 0.5) is 5.82 Å². The topological polar surface area (TPSA) is 109 Å². The molecule has 0 amide bonds. The monoisotopic (exact) mass is 271 g/mol. The Morgan fingerprint density at radius 2 is 2.28 bits per heavy atom. The minimum atomic E-state index is -3.00. The van der Waals surface area contributed by atoms with E-state index in [0.29, 0.717) is 11.5 Å². The zero-order valence-corrected chi connectivity index (χ0v) is 10.6. The number of H-pyrrole nitrogens is 1. The van der Waals surface area contributed by atoms with E-state index in [1.165, 1.54) is 10.7 Å². The fraction of sp³-hybridized carbons (Fsp3) is 0.444. The van der Waals surface area contributed by atoms with Gasteiger partial charge in [0.05, 0.1) is 5.75 Å². The van der Waals surface area contributed by atoms with Crippen LogP contribution in [0.3, 0.4) is 0 Å². The number of rotatable bonds is 5. The van der Waals surface area contributed by atoms with Crippen LogP contribution in [0.15, 0.2) is 17.2 Å². The zero-order chi connectivity index (χ0) is 13.2. The summed E-state index contributed by atoms with van der Waals surface area (Å²) in [5, 5.41) is 8.94. The van der Waals surface area contributed by atoms with Crippen LogP contribution in [0, 0.1) is 0 Å². The normalized spacial score (nSPS) is 11.8. The van der Waals surface area contributed by atoms with Crippen molar-refractivity contribution in [1.29, 1.82) is 0 Å². The van der Waals surface area contributed by atoms with E-state index in [0.717, 1.165) is 0 Å². The minimum absolute atomic E-state index is 0.0454. The van der Waals surface area contributed by atoms with Gasteiger partial charge in [0, 0.05) is 18.4 Å². The van der Waals surface area contributed by atoms with E-state index in [1.807, 2.05) is 0 Å². The largest absolute Gasteiger partial charge is 0.369 e. The predicted molar refractivity (Wildman–Crippen MR) is 66.4 cm³/mol. The highest BCUT2D eigenvalue weighted by molar-refractivity contribution is 7.91. The molecule has 0 unspecified atom stereocenters. The predicted octanol–water partition coefficient (Wildman–Crippen LogP) is -0.736. The van der Waals surface area contributed by atoms with Gasteiger partial charge in [-0.1, -0.05) is 6.92 Å². The van der Waals surface area contributed by atoms with E-state index >= 15 is 0 Å². The molecule has 2 rings (SSSR count). The molecule has 2 heterocycles. The number of sulfone groups is 1. The lowest BCUT2D eigenvalue weighted by atomic mass is 10.5. The molecule has 98 valence electrons. The SMILES string of the molecule is CCS(=O)(=O)CCNc1cc2n[nH]c(=O)n2cn1. The van der Waals surface area contributed by atoms with Crippen LogP contribution < -0.4 is 11.0 Å². The maximum absolute atomic E-state index is 11.3. The van der Waals surface area contributed by atoms with Gasteiger partial charge in [0.25, 0.3) is 0 Å². The molecule has 2 N–H and O–H groups in total. The van der Waals surface area contributed by atoms with E-state index in [2.05, 4.69) is 20.5 Å². The number of hydrogen-bond donors (Lipinski definition) is 2. The Bertz CT molecular complexity index is 702. The van der Waals surface area contributed by atoms with Crippen molar-refractivity contribution in [2.75, 3.05) is 23.4 Å². The minimum Gasteiger partial charge on any atom is -0.369 e. The fourth-order valence-electron chi connectivity index (χ4n) is 1.39. The summed E-state index contributed by atoms with van der Waals surface area (Å²) in [5.41, 5.74) is 0.0634. The first-order valence-electron chi connectivity index (χ1n) is 5.39. The number of aromatic amines is 1. The van der Waals surface area contributed by atoms with Gasteiger partial charge in [0.2, 0.25) is 0 Å². The Balaban J connectivity index is 2.06. The average molecular weight is 271 g/mol. The lowest BCUT2D eigenvalue weighted by Gasteiger charge is -2.05. The van der Waals surface area contributed by atoms with Crippen molar-refractivity contribution < 1.29 is 8.42 Å². The third-order valence-electron chi connectivity index (χ3n) is 2.47. The van der Waals surface area contributed by atoms with Crippen molar-refractivity contribution in [3.63, 3.8) is 0 Å². The van der Waals surface area contributed by atoms with Gasteiger partial charge in [0.15, 0.2) is 15.5 Å². The first kappa shape index (κ1) is 12.6. The summed E-state index contributed by atoms with van der Waals surface area (Å²) in [6, 6.07) is 1.57. The third-order valence-corrected chi connectivity index (χ3v) is 4.17. The summed E-state index contributed by atoms with van der Waals surface area (Å²) in [7, 11) is -3.00. The number of hydrogen-bond acceptors (Lipinski definition) is 6. The second kappa shape index (κ2) is 4.77. The van der Waals surface area contributed by atoms with Gasteiger partial charge in [0.1, 0.15) is 12.1 Å². The molecule has 2 aromatic rings. The van der Waals surface area contributed by atoms with Crippen LogP contribution in [0.2, 0.25) is 0 Å². The van der Waals surface area contributed by atoms with Crippen molar-refractivity contribution in [2.24, 2.45) is 0 Å². The quantitative estimate of drug-likeness (QED) is 0.741. The molecule has 18 heavy (non-hydrogen) atoms. The molecule has 0 aromatic carbocycles. The van der Waals surface area contributed by atoms with Crippen LogP contribution >= 0.6 is 0 Å². The number of fused-ring (bicyclic) bond motifs is 1. The molecule has 0 saturated carbocycles. The molecule has 0 atom stereocenters. The Kier molecular flexibility index (Phi) is 3.32. The molecule has 0 aliphatic rings. The molecule has 0 spiro atoms. The Hall–Kier alpha value is -1.90. The fourth-order valence-corrected chi connectivity index (χ4v) is 2.09. The molecule has 0 radical (unpaired) electrons. The first-order chi connectivity index (χ1) is 8.52. The van der Waals surface area contributed by atoms with Gasteiger partial charge >= 0.3 is 5.69 Å². The van der Waals surface area contributed by atoms with E-state index in [1.54, 1.807) is 13.0 Å². The Morgan fingerprint density at radius 3 is 3.00 bits per heavy atom.